The van der Waals surface area contributed by atoms with Crippen LogP contribution in [0.1, 0.15) is 18.0 Å². The number of benzene rings is 1. The van der Waals surface area contributed by atoms with Gasteiger partial charge in [0.15, 0.2) is 5.96 Å². The Morgan fingerprint density at radius 1 is 1.13 bits per heavy atom. The predicted molar refractivity (Wildman–Crippen MR) is 136 cm³/mol. The molecule has 0 amide bonds. The zero-order chi connectivity index (χ0) is 20.8. The van der Waals surface area contributed by atoms with Gasteiger partial charge in [0.2, 0.25) is 0 Å². The smallest absolute Gasteiger partial charge is 0.193 e. The Morgan fingerprint density at radius 3 is 2.52 bits per heavy atom. The van der Waals surface area contributed by atoms with E-state index in [9.17, 15) is 0 Å². The first kappa shape index (κ1) is 25.0. The molecule has 31 heavy (non-hydrogen) atoms. The molecule has 1 N–H and O–H groups in total. The Balaban J connectivity index is 0.00000272. The molecule has 0 bridgehead atoms. The van der Waals surface area contributed by atoms with Gasteiger partial charge in [0.05, 0.1) is 32.5 Å². The standard InChI is InChI=1S/C22H34ClN5O2.HI/c1-24-22(28-6-5-20(17-28)26-7-11-29-12-8-26)25-16-21(27-9-13-30-14-10-27)18-3-2-4-19(23)15-18;/h2-4,15,20-21H,5-14,16-17H2,1H3,(H,24,25);1H. The Kier molecular flexibility index (Phi) is 10.1. The Morgan fingerprint density at radius 2 is 1.84 bits per heavy atom. The van der Waals surface area contributed by atoms with Crippen molar-refractivity contribution in [1.82, 2.24) is 20.0 Å². The van der Waals surface area contributed by atoms with E-state index in [4.69, 9.17) is 21.1 Å². The summed E-state index contributed by atoms with van der Waals surface area (Å²) in [6, 6.07) is 9.05. The lowest BCUT2D eigenvalue weighted by atomic mass is 10.0. The van der Waals surface area contributed by atoms with E-state index in [0.717, 1.165) is 83.2 Å². The predicted octanol–water partition coefficient (Wildman–Crippen LogP) is 2.31. The third-order valence-corrected chi connectivity index (χ3v) is 6.65. The van der Waals surface area contributed by atoms with Gasteiger partial charge in [0, 0.05) is 63.9 Å². The van der Waals surface area contributed by atoms with E-state index in [-0.39, 0.29) is 30.0 Å². The summed E-state index contributed by atoms with van der Waals surface area (Å²) in [5.41, 5.74) is 1.24. The first-order chi connectivity index (χ1) is 14.7. The van der Waals surface area contributed by atoms with Crippen molar-refractivity contribution in [3.05, 3.63) is 34.9 Å². The van der Waals surface area contributed by atoms with E-state index >= 15 is 0 Å². The van der Waals surface area contributed by atoms with Crippen molar-refractivity contribution in [3.8, 4) is 0 Å². The molecule has 0 radical (unpaired) electrons. The summed E-state index contributed by atoms with van der Waals surface area (Å²) in [6.07, 6.45) is 1.18. The van der Waals surface area contributed by atoms with Gasteiger partial charge in [-0.05, 0) is 24.1 Å². The van der Waals surface area contributed by atoms with Gasteiger partial charge in [0.1, 0.15) is 0 Å². The molecule has 1 aromatic carbocycles. The summed E-state index contributed by atoms with van der Waals surface area (Å²) < 4.78 is 11.1. The number of aliphatic imine (C=N–C) groups is 1. The van der Waals surface area contributed by atoms with Crippen LogP contribution in [-0.2, 0) is 9.47 Å². The second-order valence-electron chi connectivity index (χ2n) is 8.18. The molecule has 3 aliphatic rings. The number of hydrogen-bond acceptors (Lipinski definition) is 5. The number of morpholine rings is 2. The highest BCUT2D eigenvalue weighted by atomic mass is 127. The van der Waals surface area contributed by atoms with Gasteiger partial charge < -0.3 is 19.7 Å². The van der Waals surface area contributed by atoms with Crippen LogP contribution in [0.3, 0.4) is 0 Å². The van der Waals surface area contributed by atoms with Crippen LogP contribution in [0.25, 0.3) is 0 Å². The van der Waals surface area contributed by atoms with Crippen LogP contribution < -0.4 is 5.32 Å². The fourth-order valence-electron chi connectivity index (χ4n) is 4.76. The van der Waals surface area contributed by atoms with Crippen molar-refractivity contribution in [2.45, 2.75) is 18.5 Å². The molecular weight excluding hydrogens is 529 g/mol. The Bertz CT molecular complexity index is 713. The summed E-state index contributed by atoms with van der Waals surface area (Å²) in [6.45, 7) is 10.1. The normalized spacial score (nSPS) is 24.6. The zero-order valence-electron chi connectivity index (χ0n) is 18.3. The lowest BCUT2D eigenvalue weighted by Gasteiger charge is -2.36. The first-order valence-corrected chi connectivity index (χ1v) is 11.5. The fourth-order valence-corrected chi connectivity index (χ4v) is 4.95. The minimum Gasteiger partial charge on any atom is -0.379 e. The van der Waals surface area contributed by atoms with Crippen LogP contribution in [0.15, 0.2) is 29.3 Å². The number of rotatable bonds is 5. The van der Waals surface area contributed by atoms with E-state index in [0.29, 0.717) is 6.04 Å². The molecule has 0 aliphatic carbocycles. The highest BCUT2D eigenvalue weighted by Crippen LogP contribution is 2.24. The third-order valence-electron chi connectivity index (χ3n) is 6.41. The van der Waals surface area contributed by atoms with Crippen LogP contribution in [0.4, 0.5) is 0 Å². The second-order valence-corrected chi connectivity index (χ2v) is 8.62. The molecule has 3 saturated heterocycles. The monoisotopic (exact) mass is 563 g/mol. The van der Waals surface area contributed by atoms with Gasteiger partial charge in [0.25, 0.3) is 0 Å². The lowest BCUT2D eigenvalue weighted by Crippen LogP contribution is -2.48. The average molecular weight is 564 g/mol. The van der Waals surface area contributed by atoms with E-state index in [2.05, 4.69) is 37.1 Å². The highest BCUT2D eigenvalue weighted by Gasteiger charge is 2.31. The molecule has 7 nitrogen and oxygen atoms in total. The quantitative estimate of drug-likeness (QED) is 0.337. The number of nitrogens with zero attached hydrogens (tertiary/aromatic N) is 4. The maximum atomic E-state index is 6.30. The van der Waals surface area contributed by atoms with Crippen LogP contribution in [0, 0.1) is 0 Å². The molecular formula is C22H35ClIN5O2. The fraction of sp³-hybridized carbons (Fsp3) is 0.682. The number of likely N-dealkylation sites (tertiary alicyclic amines) is 1. The number of nitrogens with one attached hydrogen (secondary N) is 1. The maximum absolute atomic E-state index is 6.30. The molecule has 0 spiro atoms. The molecule has 174 valence electrons. The van der Waals surface area contributed by atoms with Crippen LogP contribution in [0.5, 0.6) is 0 Å². The van der Waals surface area contributed by atoms with Gasteiger partial charge in [-0.25, -0.2) is 0 Å². The van der Waals surface area contributed by atoms with Crippen molar-refractivity contribution >= 4 is 41.5 Å². The maximum Gasteiger partial charge on any atom is 0.193 e. The molecule has 3 aliphatic heterocycles. The second kappa shape index (κ2) is 12.6. The minimum absolute atomic E-state index is 0. The van der Waals surface area contributed by atoms with Gasteiger partial charge in [-0.15, -0.1) is 24.0 Å². The van der Waals surface area contributed by atoms with Gasteiger partial charge in [-0.2, -0.15) is 0 Å². The van der Waals surface area contributed by atoms with Crippen molar-refractivity contribution < 1.29 is 9.47 Å². The molecule has 0 aromatic heterocycles. The minimum atomic E-state index is 0. The van der Waals surface area contributed by atoms with E-state index < -0.39 is 0 Å². The molecule has 0 saturated carbocycles. The topological polar surface area (TPSA) is 52.6 Å². The van der Waals surface area contributed by atoms with Gasteiger partial charge in [-0.3, -0.25) is 14.8 Å². The number of hydrogen-bond donors (Lipinski definition) is 1. The van der Waals surface area contributed by atoms with Crippen molar-refractivity contribution in [2.24, 2.45) is 4.99 Å². The number of ether oxygens (including phenoxy) is 2. The third kappa shape index (κ3) is 6.68. The largest absolute Gasteiger partial charge is 0.379 e. The molecule has 3 fully saturated rings. The number of halogens is 2. The Labute approximate surface area is 208 Å². The van der Waals surface area contributed by atoms with Crippen LogP contribution in [-0.4, -0.2) is 106 Å². The molecule has 3 heterocycles. The van der Waals surface area contributed by atoms with Crippen molar-refractivity contribution in [2.75, 3.05) is 79.3 Å². The summed E-state index contributed by atoms with van der Waals surface area (Å²) in [5, 5.41) is 4.44. The lowest BCUT2D eigenvalue weighted by molar-refractivity contribution is 0.0167. The van der Waals surface area contributed by atoms with Crippen molar-refractivity contribution in [3.63, 3.8) is 0 Å². The molecule has 9 heteroatoms. The van der Waals surface area contributed by atoms with E-state index in [1.54, 1.807) is 0 Å². The van der Waals surface area contributed by atoms with Crippen LogP contribution in [0.2, 0.25) is 5.02 Å². The average Bonchev–Trinajstić information content (AvgIpc) is 3.28. The first-order valence-electron chi connectivity index (χ1n) is 11.1. The summed E-state index contributed by atoms with van der Waals surface area (Å²) in [7, 11) is 1.88. The highest BCUT2D eigenvalue weighted by molar-refractivity contribution is 14.0. The summed E-state index contributed by atoms with van der Waals surface area (Å²) >= 11 is 6.30. The Hall–Kier alpha value is -0.650. The molecule has 1 aromatic rings. The van der Waals surface area contributed by atoms with Crippen molar-refractivity contribution in [1.29, 1.82) is 0 Å². The van der Waals surface area contributed by atoms with Gasteiger partial charge >= 0.3 is 0 Å². The van der Waals surface area contributed by atoms with Gasteiger partial charge in [-0.1, -0.05) is 23.7 Å². The summed E-state index contributed by atoms with van der Waals surface area (Å²) in [4.78, 5) is 12.0. The molecule has 4 rings (SSSR count). The SMILES string of the molecule is CN=C(NCC(c1cccc(Cl)c1)N1CCOCC1)N1CCC(N2CCOCC2)C1.I. The number of guanidine groups is 1. The van der Waals surface area contributed by atoms with Crippen LogP contribution >= 0.6 is 35.6 Å². The van der Waals surface area contributed by atoms with E-state index in [1.165, 1.54) is 12.0 Å². The summed E-state index contributed by atoms with van der Waals surface area (Å²) in [5.74, 6) is 0.992. The van der Waals surface area contributed by atoms with E-state index in [1.807, 2.05) is 19.2 Å². The zero-order valence-corrected chi connectivity index (χ0v) is 21.4. The molecule has 2 unspecified atom stereocenters. The molecule has 2 atom stereocenters.